The zero-order valence-corrected chi connectivity index (χ0v) is 15.8. The second kappa shape index (κ2) is 7.35. The van der Waals surface area contributed by atoms with E-state index in [0.717, 1.165) is 16.3 Å². The molecule has 26 heavy (non-hydrogen) atoms. The molecule has 134 valence electrons. The number of aryl methyl sites for hydroxylation is 1. The van der Waals surface area contributed by atoms with E-state index in [-0.39, 0.29) is 10.5 Å². The summed E-state index contributed by atoms with van der Waals surface area (Å²) in [6.45, 7) is 0. The highest BCUT2D eigenvalue weighted by molar-refractivity contribution is 7.99. The van der Waals surface area contributed by atoms with Crippen LogP contribution in [0.3, 0.4) is 0 Å². The van der Waals surface area contributed by atoms with Gasteiger partial charge in [0.2, 0.25) is 0 Å². The third-order valence-electron chi connectivity index (χ3n) is 3.63. The Morgan fingerprint density at radius 3 is 2.42 bits per heavy atom. The van der Waals surface area contributed by atoms with E-state index in [1.165, 1.54) is 23.9 Å². The first-order chi connectivity index (χ1) is 12.3. The van der Waals surface area contributed by atoms with Crippen LogP contribution < -0.4 is 5.32 Å². The van der Waals surface area contributed by atoms with E-state index in [2.05, 4.69) is 10.3 Å². The zero-order chi connectivity index (χ0) is 18.7. The van der Waals surface area contributed by atoms with Gasteiger partial charge in [0.15, 0.2) is 15.0 Å². The average Bonchev–Trinajstić information content (AvgIpc) is 3.01. The van der Waals surface area contributed by atoms with Crippen LogP contribution in [-0.2, 0) is 16.9 Å². The summed E-state index contributed by atoms with van der Waals surface area (Å²) < 4.78 is 25.6. The number of benzene rings is 2. The van der Waals surface area contributed by atoms with Crippen LogP contribution in [-0.4, -0.2) is 30.1 Å². The molecule has 3 rings (SSSR count). The fraction of sp³-hybridized carbons (Fsp3) is 0.111. The van der Waals surface area contributed by atoms with Gasteiger partial charge in [-0.05, 0) is 36.4 Å². The minimum absolute atomic E-state index is 0.0134. The van der Waals surface area contributed by atoms with Crippen LogP contribution in [0.5, 0.6) is 0 Å². The summed E-state index contributed by atoms with van der Waals surface area (Å²) in [5, 5.41) is 3.60. The van der Waals surface area contributed by atoms with Gasteiger partial charge in [0.25, 0.3) is 5.91 Å². The maximum Gasteiger partial charge on any atom is 0.256 e. The number of hydrogen-bond acceptors (Lipinski definition) is 5. The predicted molar refractivity (Wildman–Crippen MR) is 101 cm³/mol. The Balaban J connectivity index is 1.76. The molecule has 0 bridgehead atoms. The number of imidazole rings is 1. The lowest BCUT2D eigenvalue weighted by Gasteiger charge is -2.09. The van der Waals surface area contributed by atoms with Crippen molar-refractivity contribution in [3.63, 3.8) is 0 Å². The van der Waals surface area contributed by atoms with Crippen molar-refractivity contribution in [3.8, 4) is 0 Å². The molecule has 0 radical (unpaired) electrons. The summed E-state index contributed by atoms with van der Waals surface area (Å²) in [5.74, 6) is -0.462. The van der Waals surface area contributed by atoms with E-state index in [0.29, 0.717) is 5.69 Å². The lowest BCUT2D eigenvalue weighted by Crippen LogP contribution is -2.15. The Labute approximate surface area is 156 Å². The number of sulfone groups is 1. The van der Waals surface area contributed by atoms with E-state index < -0.39 is 15.7 Å². The van der Waals surface area contributed by atoms with Gasteiger partial charge in [-0.2, -0.15) is 0 Å². The minimum Gasteiger partial charge on any atom is -0.329 e. The lowest BCUT2D eigenvalue weighted by molar-refractivity contribution is 0.102. The number of amides is 1. The molecule has 0 unspecified atom stereocenters. The summed E-state index contributed by atoms with van der Waals surface area (Å²) in [5.41, 5.74) is 0.712. The number of rotatable bonds is 5. The number of anilines is 1. The number of carbonyl (C=O) groups is 1. The van der Waals surface area contributed by atoms with Crippen LogP contribution in [0.1, 0.15) is 10.4 Å². The van der Waals surface area contributed by atoms with Crippen molar-refractivity contribution in [1.82, 2.24) is 9.55 Å². The van der Waals surface area contributed by atoms with E-state index in [4.69, 9.17) is 0 Å². The highest BCUT2D eigenvalue weighted by Gasteiger charge is 2.18. The van der Waals surface area contributed by atoms with Crippen molar-refractivity contribution in [3.05, 3.63) is 66.5 Å². The fourth-order valence-electron chi connectivity index (χ4n) is 2.34. The molecule has 6 nitrogen and oxygen atoms in total. The van der Waals surface area contributed by atoms with Gasteiger partial charge in [-0.25, -0.2) is 13.4 Å². The van der Waals surface area contributed by atoms with Crippen LogP contribution in [0, 0.1) is 0 Å². The molecule has 1 heterocycles. The SMILES string of the molecule is Cn1ccnc1Sc1ccc(NC(=O)c2ccccc2S(C)(=O)=O)cc1. The van der Waals surface area contributed by atoms with Gasteiger partial charge in [-0.15, -0.1) is 0 Å². The van der Waals surface area contributed by atoms with Gasteiger partial charge in [0, 0.05) is 36.3 Å². The molecule has 0 atom stereocenters. The maximum atomic E-state index is 12.5. The Bertz CT molecular complexity index is 1040. The molecule has 8 heteroatoms. The van der Waals surface area contributed by atoms with Crippen molar-refractivity contribution in [2.75, 3.05) is 11.6 Å². The first-order valence-corrected chi connectivity index (χ1v) is 10.4. The van der Waals surface area contributed by atoms with Gasteiger partial charge in [-0.1, -0.05) is 23.9 Å². The molecule has 2 aromatic carbocycles. The van der Waals surface area contributed by atoms with Gasteiger partial charge >= 0.3 is 0 Å². The molecule has 0 saturated heterocycles. The summed E-state index contributed by atoms with van der Waals surface area (Å²) >= 11 is 1.51. The average molecular weight is 387 g/mol. The van der Waals surface area contributed by atoms with Crippen LogP contribution in [0.2, 0.25) is 0 Å². The molecule has 3 aromatic rings. The lowest BCUT2D eigenvalue weighted by atomic mass is 10.2. The smallest absolute Gasteiger partial charge is 0.256 e. The minimum atomic E-state index is -3.48. The predicted octanol–water partition coefficient (Wildman–Crippen LogP) is 3.23. The molecule has 0 fully saturated rings. The van der Waals surface area contributed by atoms with Crippen LogP contribution in [0.15, 0.2) is 75.9 Å². The van der Waals surface area contributed by atoms with Crippen molar-refractivity contribution in [1.29, 1.82) is 0 Å². The standard InChI is InChI=1S/C18H17N3O3S2/c1-21-12-11-19-18(21)25-14-9-7-13(8-10-14)20-17(22)15-5-3-4-6-16(15)26(2,23)24/h3-12H,1-2H3,(H,20,22). The van der Waals surface area contributed by atoms with E-state index in [1.807, 2.05) is 29.9 Å². The number of hydrogen-bond donors (Lipinski definition) is 1. The largest absolute Gasteiger partial charge is 0.329 e. The van der Waals surface area contributed by atoms with E-state index in [9.17, 15) is 13.2 Å². The van der Waals surface area contributed by atoms with Crippen LogP contribution >= 0.6 is 11.8 Å². The first-order valence-electron chi connectivity index (χ1n) is 7.70. The second-order valence-electron chi connectivity index (χ2n) is 5.67. The molecule has 1 amide bonds. The Morgan fingerprint density at radius 1 is 1.12 bits per heavy atom. The molecular formula is C18H17N3O3S2. The molecule has 0 saturated carbocycles. The summed E-state index contributed by atoms with van der Waals surface area (Å²) in [4.78, 5) is 17.7. The fourth-order valence-corrected chi connectivity index (χ4v) is 4.03. The normalized spacial score (nSPS) is 11.3. The molecule has 0 spiro atoms. The number of carbonyl (C=O) groups excluding carboxylic acids is 1. The number of aromatic nitrogens is 2. The Morgan fingerprint density at radius 2 is 1.81 bits per heavy atom. The zero-order valence-electron chi connectivity index (χ0n) is 14.2. The highest BCUT2D eigenvalue weighted by atomic mass is 32.2. The second-order valence-corrected chi connectivity index (χ2v) is 8.69. The Kier molecular flexibility index (Phi) is 5.15. The summed E-state index contributed by atoms with van der Waals surface area (Å²) in [6.07, 6.45) is 4.69. The number of nitrogens with one attached hydrogen (secondary N) is 1. The van der Waals surface area contributed by atoms with Gasteiger partial charge in [0.05, 0.1) is 10.5 Å². The van der Waals surface area contributed by atoms with Gasteiger partial charge < -0.3 is 9.88 Å². The number of nitrogens with zero attached hydrogens (tertiary/aromatic N) is 2. The van der Waals surface area contributed by atoms with Crippen molar-refractivity contribution >= 4 is 33.2 Å². The van der Waals surface area contributed by atoms with E-state index >= 15 is 0 Å². The third-order valence-corrected chi connectivity index (χ3v) is 5.87. The van der Waals surface area contributed by atoms with Crippen LogP contribution in [0.25, 0.3) is 0 Å². The van der Waals surface area contributed by atoms with Gasteiger partial charge in [-0.3, -0.25) is 4.79 Å². The molecule has 1 N–H and O–H groups in total. The van der Waals surface area contributed by atoms with Crippen molar-refractivity contribution in [2.24, 2.45) is 7.05 Å². The molecule has 0 aliphatic heterocycles. The quantitative estimate of drug-likeness (QED) is 0.727. The highest BCUT2D eigenvalue weighted by Crippen LogP contribution is 2.27. The summed E-state index contributed by atoms with van der Waals surface area (Å²) in [7, 11) is -1.56. The molecule has 0 aliphatic rings. The first kappa shape index (κ1) is 18.2. The topological polar surface area (TPSA) is 81.1 Å². The monoisotopic (exact) mass is 387 g/mol. The van der Waals surface area contributed by atoms with Crippen LogP contribution in [0.4, 0.5) is 5.69 Å². The van der Waals surface area contributed by atoms with Crippen molar-refractivity contribution < 1.29 is 13.2 Å². The molecule has 0 aliphatic carbocycles. The van der Waals surface area contributed by atoms with Gasteiger partial charge in [0.1, 0.15) is 0 Å². The maximum absolute atomic E-state index is 12.5. The van der Waals surface area contributed by atoms with Crippen molar-refractivity contribution in [2.45, 2.75) is 14.9 Å². The third kappa shape index (κ3) is 4.14. The molecular weight excluding hydrogens is 370 g/mol. The Hall–Kier alpha value is -2.58. The summed E-state index contributed by atoms with van der Waals surface area (Å²) in [6, 6.07) is 13.4. The van der Waals surface area contributed by atoms with E-state index in [1.54, 1.807) is 30.5 Å². The molecule has 1 aromatic heterocycles.